The highest BCUT2D eigenvalue weighted by Crippen LogP contribution is 2.71. The van der Waals surface area contributed by atoms with Gasteiger partial charge in [0.2, 0.25) is 17.7 Å². The molecule has 3 fully saturated rings. The average molecular weight is 554 g/mol. The molecule has 3 heterocycles. The van der Waals surface area contributed by atoms with Crippen molar-refractivity contribution in [2.45, 2.75) is 74.6 Å². The Kier molecular flexibility index (Phi) is 8.96. The van der Waals surface area contributed by atoms with Gasteiger partial charge in [-0.3, -0.25) is 14.4 Å². The lowest BCUT2D eigenvalue weighted by atomic mass is 9.66. The summed E-state index contributed by atoms with van der Waals surface area (Å²) < 4.78 is -1.08. The second-order valence-electron chi connectivity index (χ2n) is 11.6. The SMILES string of the molecule is C=CCN(Cc1ccccc1)C(=O)[C@@H]1[C@H]2C(=O)N(CCCCO)C(C(=O)N(CC=C)C(C)C)C23CC[C@@]1(C)S3. The van der Waals surface area contributed by atoms with Gasteiger partial charge >= 0.3 is 0 Å². The van der Waals surface area contributed by atoms with E-state index in [4.69, 9.17) is 0 Å². The minimum absolute atomic E-state index is 0.0354. The van der Waals surface area contributed by atoms with E-state index in [-0.39, 0.29) is 30.4 Å². The largest absolute Gasteiger partial charge is 0.396 e. The van der Waals surface area contributed by atoms with Crippen LogP contribution in [-0.4, -0.2) is 85.3 Å². The Labute approximate surface area is 237 Å². The number of amides is 3. The van der Waals surface area contributed by atoms with Crippen LogP contribution in [0.15, 0.2) is 55.6 Å². The number of thioether (sulfide) groups is 1. The molecule has 0 aromatic heterocycles. The van der Waals surface area contributed by atoms with Crippen molar-refractivity contribution in [2.75, 3.05) is 26.2 Å². The van der Waals surface area contributed by atoms with Crippen LogP contribution in [0.1, 0.15) is 52.0 Å². The molecule has 39 heavy (non-hydrogen) atoms. The molecule has 3 saturated heterocycles. The highest BCUT2D eigenvalue weighted by atomic mass is 32.2. The van der Waals surface area contributed by atoms with Crippen molar-refractivity contribution in [1.82, 2.24) is 14.7 Å². The van der Waals surface area contributed by atoms with Crippen LogP contribution in [0.4, 0.5) is 0 Å². The first-order valence-electron chi connectivity index (χ1n) is 14.1. The second kappa shape index (κ2) is 11.9. The Bertz CT molecular complexity index is 1090. The number of nitrogens with zero attached hydrogens (tertiary/aromatic N) is 3. The third kappa shape index (κ3) is 5.18. The van der Waals surface area contributed by atoms with E-state index < -0.39 is 27.4 Å². The summed E-state index contributed by atoms with van der Waals surface area (Å²) in [5.74, 6) is -1.28. The van der Waals surface area contributed by atoms with E-state index in [2.05, 4.69) is 20.1 Å². The highest BCUT2D eigenvalue weighted by molar-refractivity contribution is 8.02. The number of hydrogen-bond acceptors (Lipinski definition) is 5. The molecule has 0 saturated carbocycles. The number of benzene rings is 1. The number of rotatable bonds is 13. The molecule has 5 atom stereocenters. The van der Waals surface area contributed by atoms with Gasteiger partial charge in [-0.1, -0.05) is 42.5 Å². The van der Waals surface area contributed by atoms with Crippen molar-refractivity contribution in [1.29, 1.82) is 0 Å². The second-order valence-corrected chi connectivity index (χ2v) is 13.5. The molecular formula is C31H43N3O4S. The first-order valence-corrected chi connectivity index (χ1v) is 14.9. The molecular weight excluding hydrogens is 510 g/mol. The minimum Gasteiger partial charge on any atom is -0.396 e. The van der Waals surface area contributed by atoms with Gasteiger partial charge in [0.15, 0.2) is 0 Å². The van der Waals surface area contributed by atoms with Crippen LogP contribution in [0, 0.1) is 11.8 Å². The van der Waals surface area contributed by atoms with E-state index in [0.717, 1.165) is 18.4 Å². The predicted octanol–water partition coefficient (Wildman–Crippen LogP) is 3.88. The first kappa shape index (κ1) is 29.4. The molecule has 7 nitrogen and oxygen atoms in total. The summed E-state index contributed by atoms with van der Waals surface area (Å²) >= 11 is 1.70. The Morgan fingerprint density at radius 2 is 1.82 bits per heavy atom. The Morgan fingerprint density at radius 3 is 2.44 bits per heavy atom. The maximum absolute atomic E-state index is 14.4. The molecule has 2 unspecified atom stereocenters. The van der Waals surface area contributed by atoms with Crippen LogP contribution in [0.5, 0.6) is 0 Å². The molecule has 1 N–H and O–H groups in total. The highest BCUT2D eigenvalue weighted by Gasteiger charge is 2.77. The van der Waals surface area contributed by atoms with E-state index in [1.807, 2.05) is 49.1 Å². The smallest absolute Gasteiger partial charge is 0.247 e. The van der Waals surface area contributed by atoms with E-state index in [1.165, 1.54) is 0 Å². The van der Waals surface area contributed by atoms with Crippen molar-refractivity contribution in [2.24, 2.45) is 11.8 Å². The molecule has 212 valence electrons. The maximum Gasteiger partial charge on any atom is 0.247 e. The molecule has 3 amide bonds. The molecule has 1 spiro atoms. The molecule has 3 aliphatic heterocycles. The number of likely N-dealkylation sites (tertiary alicyclic amines) is 1. The summed E-state index contributed by atoms with van der Waals surface area (Å²) in [7, 11) is 0. The van der Waals surface area contributed by atoms with E-state index in [1.54, 1.807) is 33.7 Å². The predicted molar refractivity (Wildman–Crippen MR) is 156 cm³/mol. The van der Waals surface area contributed by atoms with Gasteiger partial charge < -0.3 is 19.8 Å². The van der Waals surface area contributed by atoms with E-state index >= 15 is 0 Å². The summed E-state index contributed by atoms with van der Waals surface area (Å²) in [5.41, 5.74) is 1.02. The summed E-state index contributed by atoms with van der Waals surface area (Å²) in [6, 6.07) is 9.18. The summed E-state index contributed by atoms with van der Waals surface area (Å²) in [6.45, 7) is 15.5. The number of hydrogen-bond donors (Lipinski definition) is 1. The van der Waals surface area contributed by atoms with Crippen molar-refractivity contribution in [3.05, 3.63) is 61.2 Å². The minimum atomic E-state index is -0.649. The van der Waals surface area contributed by atoms with Gasteiger partial charge in [0, 0.05) is 43.6 Å². The third-order valence-corrected chi connectivity index (χ3v) is 10.7. The lowest BCUT2D eigenvalue weighted by molar-refractivity contribution is -0.146. The number of aliphatic hydroxyl groups is 1. The summed E-state index contributed by atoms with van der Waals surface area (Å²) in [5, 5.41) is 9.41. The monoisotopic (exact) mass is 553 g/mol. The van der Waals surface area contributed by atoms with Crippen molar-refractivity contribution in [3.8, 4) is 0 Å². The van der Waals surface area contributed by atoms with Crippen molar-refractivity contribution >= 4 is 29.5 Å². The van der Waals surface area contributed by atoms with Crippen LogP contribution in [0.25, 0.3) is 0 Å². The summed E-state index contributed by atoms with van der Waals surface area (Å²) in [4.78, 5) is 48.3. The van der Waals surface area contributed by atoms with Crippen LogP contribution < -0.4 is 0 Å². The average Bonchev–Trinajstić information content (AvgIpc) is 3.47. The first-order chi connectivity index (χ1) is 18.6. The third-order valence-electron chi connectivity index (χ3n) is 8.69. The zero-order valence-corrected chi connectivity index (χ0v) is 24.4. The van der Waals surface area contributed by atoms with Crippen LogP contribution in [-0.2, 0) is 20.9 Å². The Hall–Kier alpha value is -2.58. The van der Waals surface area contributed by atoms with Gasteiger partial charge in [0.05, 0.1) is 16.6 Å². The van der Waals surface area contributed by atoms with Crippen molar-refractivity contribution in [3.63, 3.8) is 0 Å². The zero-order chi connectivity index (χ0) is 28.4. The molecule has 1 aromatic rings. The quantitative estimate of drug-likeness (QED) is 0.296. The molecule has 2 bridgehead atoms. The van der Waals surface area contributed by atoms with E-state index in [9.17, 15) is 19.5 Å². The molecule has 0 aliphatic carbocycles. The van der Waals surface area contributed by atoms with Crippen molar-refractivity contribution < 1.29 is 19.5 Å². The van der Waals surface area contributed by atoms with Gasteiger partial charge in [-0.2, -0.15) is 0 Å². The van der Waals surface area contributed by atoms with E-state index in [0.29, 0.717) is 39.0 Å². The number of unbranched alkanes of at least 4 members (excludes halogenated alkanes) is 1. The maximum atomic E-state index is 14.4. The van der Waals surface area contributed by atoms with Crippen LogP contribution in [0.3, 0.4) is 0 Å². The van der Waals surface area contributed by atoms with Gasteiger partial charge in [-0.05, 0) is 52.0 Å². The number of carbonyl (C=O) groups is 3. The van der Waals surface area contributed by atoms with Crippen LogP contribution >= 0.6 is 11.8 Å². The number of fused-ring (bicyclic) bond motifs is 1. The standard InChI is InChI=1S/C31H43N3O4S/c1-6-17-32(21-23-13-9-8-10-14-23)27(36)24-25-28(37)34(19-11-12-20-35)26(29(38)33(18-7-2)22(3)4)31(25)16-15-30(24,5)39-31/h6-10,13-14,22,24-26,35H,1-2,11-12,15-21H2,3-5H3/t24-,25-,26?,30+,31?/m0/s1. The number of aliphatic hydroxyl groups excluding tert-OH is 1. The fraction of sp³-hybridized carbons (Fsp3) is 0.581. The fourth-order valence-corrected chi connectivity index (χ4v) is 9.30. The van der Waals surface area contributed by atoms with Crippen LogP contribution in [0.2, 0.25) is 0 Å². The lowest BCUT2D eigenvalue weighted by Gasteiger charge is -2.39. The normalized spacial score (nSPS) is 29.0. The molecule has 1 aromatic carbocycles. The lowest BCUT2D eigenvalue weighted by Crippen LogP contribution is -2.56. The van der Waals surface area contributed by atoms with Gasteiger partial charge in [-0.25, -0.2) is 0 Å². The Balaban J connectivity index is 1.74. The number of carbonyl (C=O) groups excluding carboxylic acids is 3. The van der Waals surface area contributed by atoms with Gasteiger partial charge in [0.25, 0.3) is 0 Å². The Morgan fingerprint density at radius 1 is 1.13 bits per heavy atom. The molecule has 3 aliphatic rings. The molecule has 8 heteroatoms. The molecule has 4 rings (SSSR count). The topological polar surface area (TPSA) is 81.2 Å². The van der Waals surface area contributed by atoms with Gasteiger partial charge in [0.1, 0.15) is 6.04 Å². The zero-order valence-electron chi connectivity index (χ0n) is 23.6. The molecule has 0 radical (unpaired) electrons. The summed E-state index contributed by atoms with van der Waals surface area (Å²) in [6.07, 6.45) is 6.13. The fourth-order valence-electron chi connectivity index (χ4n) is 6.96. The van der Waals surface area contributed by atoms with Gasteiger partial charge in [-0.15, -0.1) is 24.9 Å².